The zero-order valence-corrected chi connectivity index (χ0v) is 16.6. The lowest BCUT2D eigenvalue weighted by Gasteiger charge is -2.38. The van der Waals surface area contributed by atoms with Crippen LogP contribution in [0, 0.1) is 5.82 Å². The molecule has 2 aliphatic rings. The number of likely N-dealkylation sites (tertiary alicyclic amines) is 1. The van der Waals surface area contributed by atoms with Gasteiger partial charge in [0.2, 0.25) is 0 Å². The largest absolute Gasteiger partial charge is 0.417 e. The van der Waals surface area contributed by atoms with Crippen molar-refractivity contribution in [2.75, 3.05) is 18.4 Å². The Balaban J connectivity index is 1.72. The lowest BCUT2D eigenvalue weighted by atomic mass is 10.0. The number of rotatable bonds is 3. The first kappa shape index (κ1) is 21.6. The molecule has 12 heteroatoms. The van der Waals surface area contributed by atoms with Crippen LogP contribution < -0.4 is 5.32 Å². The minimum absolute atomic E-state index is 0.0843. The number of carbonyl (C=O) groups is 2. The number of hydrogen-bond donors (Lipinski definition) is 1. The van der Waals surface area contributed by atoms with Crippen LogP contribution in [0.4, 0.5) is 31.3 Å². The van der Waals surface area contributed by atoms with Crippen LogP contribution in [-0.4, -0.2) is 35.7 Å². The Kier molecular flexibility index (Phi) is 5.04. The van der Waals surface area contributed by atoms with Crippen LogP contribution in [0.3, 0.4) is 0 Å². The molecule has 2 aromatic rings. The van der Waals surface area contributed by atoms with Gasteiger partial charge in [0.15, 0.2) is 0 Å². The molecule has 1 fully saturated rings. The molecule has 2 amide bonds. The van der Waals surface area contributed by atoms with Crippen molar-refractivity contribution in [3.8, 4) is 0 Å². The number of nitrogens with one attached hydrogen (secondary N) is 1. The third kappa shape index (κ3) is 3.78. The Morgan fingerprint density at radius 2 is 1.90 bits per heavy atom. The number of anilines is 1. The monoisotopic (exact) mass is 464 g/mol. The molecule has 3 heterocycles. The van der Waals surface area contributed by atoms with E-state index in [4.69, 9.17) is 4.74 Å². The maximum atomic E-state index is 14.2. The van der Waals surface area contributed by atoms with E-state index >= 15 is 0 Å². The molecular formula is C19H14F6N2O3S. The van der Waals surface area contributed by atoms with Crippen LogP contribution in [0.1, 0.15) is 49.7 Å². The minimum atomic E-state index is -4.99. The van der Waals surface area contributed by atoms with Crippen molar-refractivity contribution in [1.82, 2.24) is 4.90 Å². The van der Waals surface area contributed by atoms with Crippen LogP contribution in [0.2, 0.25) is 0 Å². The summed E-state index contributed by atoms with van der Waals surface area (Å²) in [6.07, 6.45) is -5.58. The van der Waals surface area contributed by atoms with Gasteiger partial charge in [-0.2, -0.15) is 13.2 Å². The first-order chi connectivity index (χ1) is 14.4. The quantitative estimate of drug-likeness (QED) is 0.662. The van der Waals surface area contributed by atoms with Crippen LogP contribution in [-0.2, 0) is 17.5 Å². The van der Waals surface area contributed by atoms with Crippen LogP contribution in [0.25, 0.3) is 0 Å². The van der Waals surface area contributed by atoms with Gasteiger partial charge in [-0.05, 0) is 19.1 Å². The molecular weight excluding hydrogens is 450 g/mol. The van der Waals surface area contributed by atoms with Crippen molar-refractivity contribution in [2.24, 2.45) is 0 Å². The van der Waals surface area contributed by atoms with E-state index in [9.17, 15) is 35.9 Å². The molecule has 0 radical (unpaired) electrons. The van der Waals surface area contributed by atoms with Crippen LogP contribution >= 0.6 is 11.3 Å². The number of nitrogens with zero attached hydrogens (tertiary/aromatic N) is 1. The van der Waals surface area contributed by atoms with Gasteiger partial charge in [-0.3, -0.25) is 9.59 Å². The average molecular weight is 464 g/mol. The molecule has 5 nitrogen and oxygen atoms in total. The molecule has 0 saturated carbocycles. The first-order valence-electron chi connectivity index (χ1n) is 9.00. The highest BCUT2D eigenvalue weighted by molar-refractivity contribution is 7.17. The molecule has 0 aliphatic carbocycles. The fourth-order valence-electron chi connectivity index (χ4n) is 3.58. The molecule has 31 heavy (non-hydrogen) atoms. The molecule has 1 aromatic carbocycles. The number of ether oxygens (including phenoxy) is 1. The second-order valence-electron chi connectivity index (χ2n) is 7.23. The minimum Gasteiger partial charge on any atom is -0.368 e. The maximum Gasteiger partial charge on any atom is 0.417 e. The number of hydrogen-bond acceptors (Lipinski definition) is 4. The average Bonchev–Trinajstić information content (AvgIpc) is 3.17. The zero-order chi connectivity index (χ0) is 22.7. The fourth-order valence-corrected chi connectivity index (χ4v) is 4.78. The topological polar surface area (TPSA) is 58.6 Å². The Bertz CT molecular complexity index is 1070. The lowest BCUT2D eigenvalue weighted by molar-refractivity contribution is -0.138. The summed E-state index contributed by atoms with van der Waals surface area (Å²) in [6.45, 7) is 0.0699. The van der Waals surface area contributed by atoms with Crippen LogP contribution in [0.5, 0.6) is 0 Å². The number of halogens is 6. The van der Waals surface area contributed by atoms with E-state index in [1.54, 1.807) is 6.92 Å². The smallest absolute Gasteiger partial charge is 0.368 e. The van der Waals surface area contributed by atoms with Crippen molar-refractivity contribution >= 4 is 28.2 Å². The van der Waals surface area contributed by atoms with E-state index in [2.05, 4.69) is 5.32 Å². The molecule has 166 valence electrons. The summed E-state index contributed by atoms with van der Waals surface area (Å²) in [5.74, 6) is -6.62. The van der Waals surface area contributed by atoms with Crippen molar-refractivity contribution in [1.29, 1.82) is 0 Å². The fraction of sp³-hybridized carbons (Fsp3) is 0.368. The molecule has 1 atom stereocenters. The lowest BCUT2D eigenvalue weighted by Crippen LogP contribution is -2.58. The molecule has 1 saturated heterocycles. The SMILES string of the molecule is CC1OCc2sc(NC(=O)c3c(F)cccc3C(F)(F)F)c(C(=O)N3CC(F)(F)C3)c21. The number of fused-ring (bicyclic) bond motifs is 1. The third-order valence-corrected chi connectivity index (χ3v) is 6.11. The molecule has 1 unspecified atom stereocenters. The van der Waals surface area contributed by atoms with Crippen molar-refractivity contribution < 1.29 is 40.7 Å². The Hall–Kier alpha value is -2.60. The molecule has 2 aliphatic heterocycles. The van der Waals surface area contributed by atoms with Gasteiger partial charge >= 0.3 is 6.18 Å². The predicted molar refractivity (Wildman–Crippen MR) is 97.7 cm³/mol. The number of benzene rings is 1. The van der Waals surface area contributed by atoms with Gasteiger partial charge < -0.3 is 15.0 Å². The first-order valence-corrected chi connectivity index (χ1v) is 9.82. The molecule has 1 N–H and O–H groups in total. The summed E-state index contributed by atoms with van der Waals surface area (Å²) in [5.41, 5.74) is -2.44. The van der Waals surface area contributed by atoms with Gasteiger partial charge in [0.05, 0.1) is 42.5 Å². The normalized spacial score (nSPS) is 19.7. The van der Waals surface area contributed by atoms with Gasteiger partial charge in [-0.25, -0.2) is 13.2 Å². The predicted octanol–water partition coefficient (Wildman–Crippen LogP) is 4.84. The van der Waals surface area contributed by atoms with Crippen molar-refractivity contribution in [2.45, 2.75) is 31.7 Å². The van der Waals surface area contributed by atoms with Gasteiger partial charge in [-0.15, -0.1) is 11.3 Å². The van der Waals surface area contributed by atoms with Crippen LogP contribution in [0.15, 0.2) is 18.2 Å². The van der Waals surface area contributed by atoms with E-state index < -0.39 is 60.1 Å². The second kappa shape index (κ2) is 7.23. The summed E-state index contributed by atoms with van der Waals surface area (Å²) in [4.78, 5) is 26.9. The number of amides is 2. The highest BCUT2D eigenvalue weighted by Crippen LogP contribution is 2.45. The maximum absolute atomic E-state index is 14.2. The van der Waals surface area contributed by atoms with Gasteiger partial charge in [0, 0.05) is 10.4 Å². The molecule has 0 spiro atoms. The van der Waals surface area contributed by atoms with E-state index in [0.717, 1.165) is 22.3 Å². The summed E-state index contributed by atoms with van der Waals surface area (Å²) in [7, 11) is 0. The molecule has 4 rings (SSSR count). The van der Waals surface area contributed by atoms with E-state index in [1.807, 2.05) is 0 Å². The summed E-state index contributed by atoms with van der Waals surface area (Å²) >= 11 is 0.879. The van der Waals surface area contributed by atoms with Gasteiger partial charge in [0.1, 0.15) is 10.8 Å². The Morgan fingerprint density at radius 1 is 1.23 bits per heavy atom. The Labute approximate surface area is 175 Å². The zero-order valence-electron chi connectivity index (χ0n) is 15.8. The number of thiophene rings is 1. The van der Waals surface area contributed by atoms with E-state index in [1.165, 1.54) is 0 Å². The Morgan fingerprint density at radius 3 is 2.52 bits per heavy atom. The van der Waals surface area contributed by atoms with Gasteiger partial charge in [-0.1, -0.05) is 6.07 Å². The standard InChI is InChI=1S/C19H14F6N2O3S/c1-8-12-11(5-30-8)31-16(14(12)17(29)27-6-18(21,22)7-27)26-15(28)13-9(19(23,24)25)3-2-4-10(13)20/h2-4,8H,5-7H2,1H3,(H,26,28). The summed E-state index contributed by atoms with van der Waals surface area (Å²) < 4.78 is 85.8. The number of alkyl halides is 5. The van der Waals surface area contributed by atoms with E-state index in [-0.39, 0.29) is 17.2 Å². The third-order valence-electron chi connectivity index (χ3n) is 5.01. The number of carbonyl (C=O) groups excluding carboxylic acids is 2. The summed E-state index contributed by atoms with van der Waals surface area (Å²) in [6, 6.07) is 2.10. The van der Waals surface area contributed by atoms with E-state index in [0.29, 0.717) is 22.6 Å². The van der Waals surface area contributed by atoms with Crippen molar-refractivity contribution in [3.05, 3.63) is 51.1 Å². The molecule has 1 aromatic heterocycles. The van der Waals surface area contributed by atoms with Gasteiger partial charge in [0.25, 0.3) is 17.7 Å². The highest BCUT2D eigenvalue weighted by Gasteiger charge is 2.48. The molecule has 0 bridgehead atoms. The second-order valence-corrected chi connectivity index (χ2v) is 8.33. The summed E-state index contributed by atoms with van der Waals surface area (Å²) in [5, 5.41) is 2.05. The highest BCUT2D eigenvalue weighted by atomic mass is 32.1. The van der Waals surface area contributed by atoms with Crippen molar-refractivity contribution in [3.63, 3.8) is 0 Å².